The van der Waals surface area contributed by atoms with Crippen molar-refractivity contribution >= 4 is 15.8 Å². The normalized spacial score (nSPS) is 24.9. The smallest absolute Gasteiger partial charge is 0.324 e. The fraction of sp³-hybridized carbons (Fsp3) is 0.900. The van der Waals surface area contributed by atoms with Gasteiger partial charge in [0.25, 0.3) is 0 Å². The first-order valence-corrected chi connectivity index (χ1v) is 7.17. The van der Waals surface area contributed by atoms with Gasteiger partial charge < -0.3 is 4.74 Å². The number of esters is 1. The van der Waals surface area contributed by atoms with Crippen molar-refractivity contribution < 1.29 is 17.9 Å². The van der Waals surface area contributed by atoms with Gasteiger partial charge >= 0.3 is 5.97 Å². The van der Waals surface area contributed by atoms with Gasteiger partial charge in [-0.2, -0.15) is 0 Å². The highest BCUT2D eigenvalue weighted by molar-refractivity contribution is 7.92. The molecule has 0 aromatic rings. The van der Waals surface area contributed by atoms with E-state index >= 15 is 0 Å². The number of ether oxygens (including phenoxy) is 1. The molecule has 0 spiro atoms. The first-order chi connectivity index (χ1) is 7.08. The van der Waals surface area contributed by atoms with Gasteiger partial charge in [-0.05, 0) is 6.42 Å². The van der Waals surface area contributed by atoms with E-state index in [0.29, 0.717) is 6.42 Å². The maximum absolute atomic E-state index is 11.6. The molecule has 1 rings (SSSR count). The Kier molecular flexibility index (Phi) is 4.57. The molecule has 1 aliphatic heterocycles. The average Bonchev–Trinajstić information content (AvgIpc) is 2.15. The predicted octanol–water partition coefficient (Wildman–Crippen LogP) is 1.30. The van der Waals surface area contributed by atoms with E-state index in [0.717, 1.165) is 25.7 Å². The number of carbonyl (C=O) groups excluding carboxylic acids is 1. The Labute approximate surface area is 90.9 Å². The Bertz CT molecular complexity index is 307. The van der Waals surface area contributed by atoms with E-state index in [-0.39, 0.29) is 12.4 Å². The maximum atomic E-state index is 11.6. The van der Waals surface area contributed by atoms with Crippen molar-refractivity contribution in [2.24, 2.45) is 0 Å². The molecule has 4 nitrogen and oxygen atoms in total. The van der Waals surface area contributed by atoms with Gasteiger partial charge in [0.05, 0.1) is 5.75 Å². The van der Waals surface area contributed by atoms with E-state index < -0.39 is 21.1 Å². The molecule has 1 unspecified atom stereocenters. The van der Waals surface area contributed by atoms with E-state index in [2.05, 4.69) is 6.92 Å². The summed E-state index contributed by atoms with van der Waals surface area (Å²) in [5, 5.41) is -0.900. The fourth-order valence-corrected chi connectivity index (χ4v) is 3.18. The van der Waals surface area contributed by atoms with E-state index in [1.807, 2.05) is 0 Å². The molecule has 0 amide bonds. The zero-order valence-electron chi connectivity index (χ0n) is 9.07. The highest BCUT2D eigenvalue weighted by Crippen LogP contribution is 2.18. The number of cyclic esters (lactones) is 1. The van der Waals surface area contributed by atoms with Crippen LogP contribution in [0.4, 0.5) is 0 Å². The zero-order chi connectivity index (χ0) is 11.3. The van der Waals surface area contributed by atoms with E-state index in [9.17, 15) is 13.2 Å². The molecule has 0 N–H and O–H groups in total. The summed E-state index contributed by atoms with van der Waals surface area (Å²) in [5.74, 6) is -0.574. The van der Waals surface area contributed by atoms with Gasteiger partial charge in [-0.25, -0.2) is 8.42 Å². The lowest BCUT2D eigenvalue weighted by atomic mass is 10.1. The maximum Gasteiger partial charge on any atom is 0.324 e. The van der Waals surface area contributed by atoms with Crippen LogP contribution in [-0.4, -0.2) is 32.0 Å². The van der Waals surface area contributed by atoms with Gasteiger partial charge in [0.1, 0.15) is 6.61 Å². The van der Waals surface area contributed by atoms with Gasteiger partial charge in [0.2, 0.25) is 0 Å². The summed E-state index contributed by atoms with van der Waals surface area (Å²) in [6.07, 6.45) is 4.37. The van der Waals surface area contributed by atoms with Crippen molar-refractivity contribution in [3.63, 3.8) is 0 Å². The standard InChI is InChI=1S/C10H18O4S/c1-2-3-4-5-6-9-10(11)14-7-8-15(9,12)13/h9H,2-8H2,1H3. The van der Waals surface area contributed by atoms with Crippen molar-refractivity contribution in [3.05, 3.63) is 0 Å². The average molecular weight is 234 g/mol. The highest BCUT2D eigenvalue weighted by Gasteiger charge is 2.36. The molecule has 1 fully saturated rings. The van der Waals surface area contributed by atoms with Gasteiger partial charge in [0.15, 0.2) is 15.1 Å². The van der Waals surface area contributed by atoms with Crippen LogP contribution in [0.2, 0.25) is 0 Å². The summed E-state index contributed by atoms with van der Waals surface area (Å²) in [5.41, 5.74) is 0. The minimum absolute atomic E-state index is 0.0167. The molecule has 88 valence electrons. The number of rotatable bonds is 5. The second-order valence-electron chi connectivity index (χ2n) is 3.87. The third-order valence-electron chi connectivity index (χ3n) is 2.63. The van der Waals surface area contributed by atoms with E-state index in [1.165, 1.54) is 0 Å². The molecular formula is C10H18O4S. The lowest BCUT2D eigenvalue weighted by Gasteiger charge is -2.21. The molecule has 5 heteroatoms. The predicted molar refractivity (Wildman–Crippen MR) is 57.3 cm³/mol. The number of hydrogen-bond acceptors (Lipinski definition) is 4. The Balaban J connectivity index is 2.46. The summed E-state index contributed by atoms with van der Waals surface area (Å²) in [7, 11) is -3.23. The van der Waals surface area contributed by atoms with Crippen LogP contribution in [0.5, 0.6) is 0 Å². The molecule has 0 saturated carbocycles. The summed E-state index contributed by atoms with van der Waals surface area (Å²) < 4.78 is 27.9. The molecule has 1 saturated heterocycles. The molecule has 0 radical (unpaired) electrons. The van der Waals surface area contributed by atoms with Crippen molar-refractivity contribution in [3.8, 4) is 0 Å². The zero-order valence-corrected chi connectivity index (χ0v) is 9.88. The van der Waals surface area contributed by atoms with Crippen LogP contribution in [-0.2, 0) is 19.4 Å². The first kappa shape index (κ1) is 12.5. The van der Waals surface area contributed by atoms with Crippen molar-refractivity contribution in [2.45, 2.75) is 44.3 Å². The van der Waals surface area contributed by atoms with Crippen LogP contribution < -0.4 is 0 Å². The highest BCUT2D eigenvalue weighted by atomic mass is 32.2. The number of unbranched alkanes of at least 4 members (excludes halogenated alkanes) is 3. The molecule has 1 atom stereocenters. The Morgan fingerprint density at radius 3 is 2.67 bits per heavy atom. The second-order valence-corrected chi connectivity index (χ2v) is 6.18. The molecule has 0 aromatic carbocycles. The van der Waals surface area contributed by atoms with Crippen LogP contribution in [0.3, 0.4) is 0 Å². The molecular weight excluding hydrogens is 216 g/mol. The Morgan fingerprint density at radius 1 is 1.33 bits per heavy atom. The van der Waals surface area contributed by atoms with Gasteiger partial charge in [-0.1, -0.05) is 32.6 Å². The molecule has 15 heavy (non-hydrogen) atoms. The van der Waals surface area contributed by atoms with Crippen LogP contribution in [0.1, 0.15) is 39.0 Å². The van der Waals surface area contributed by atoms with Crippen LogP contribution >= 0.6 is 0 Å². The molecule has 1 heterocycles. The monoisotopic (exact) mass is 234 g/mol. The first-order valence-electron chi connectivity index (χ1n) is 5.46. The molecule has 0 bridgehead atoms. The lowest BCUT2D eigenvalue weighted by Crippen LogP contribution is -2.40. The van der Waals surface area contributed by atoms with E-state index in [4.69, 9.17) is 4.74 Å². The summed E-state index contributed by atoms with van der Waals surface area (Å²) in [4.78, 5) is 11.3. The Hall–Kier alpha value is -0.580. The minimum Gasteiger partial charge on any atom is -0.464 e. The number of hydrogen-bond donors (Lipinski definition) is 0. The third kappa shape index (κ3) is 3.48. The van der Waals surface area contributed by atoms with Gasteiger partial charge in [-0.15, -0.1) is 0 Å². The molecule has 0 aliphatic carbocycles. The summed E-state index contributed by atoms with van der Waals surface area (Å²) in [6, 6.07) is 0. The summed E-state index contributed by atoms with van der Waals surface area (Å²) >= 11 is 0. The van der Waals surface area contributed by atoms with Gasteiger partial charge in [0, 0.05) is 0 Å². The van der Waals surface area contributed by atoms with Crippen molar-refractivity contribution in [1.82, 2.24) is 0 Å². The summed E-state index contributed by atoms with van der Waals surface area (Å²) in [6.45, 7) is 2.11. The van der Waals surface area contributed by atoms with Gasteiger partial charge in [-0.3, -0.25) is 4.79 Å². The number of carbonyl (C=O) groups is 1. The largest absolute Gasteiger partial charge is 0.464 e. The van der Waals surface area contributed by atoms with Crippen molar-refractivity contribution in [2.75, 3.05) is 12.4 Å². The van der Waals surface area contributed by atoms with Crippen molar-refractivity contribution in [1.29, 1.82) is 0 Å². The second kappa shape index (κ2) is 5.49. The fourth-order valence-electron chi connectivity index (χ4n) is 1.69. The van der Waals surface area contributed by atoms with Crippen LogP contribution in [0, 0.1) is 0 Å². The lowest BCUT2D eigenvalue weighted by molar-refractivity contribution is -0.143. The van der Waals surface area contributed by atoms with E-state index in [1.54, 1.807) is 0 Å². The molecule has 0 aromatic heterocycles. The SMILES string of the molecule is CCCCCCC1C(=O)OCCS1(=O)=O. The molecule has 1 aliphatic rings. The topological polar surface area (TPSA) is 60.4 Å². The number of sulfone groups is 1. The quantitative estimate of drug-likeness (QED) is 0.531. The third-order valence-corrected chi connectivity index (χ3v) is 4.66. The van der Waals surface area contributed by atoms with Crippen LogP contribution in [0.25, 0.3) is 0 Å². The van der Waals surface area contributed by atoms with Crippen LogP contribution in [0.15, 0.2) is 0 Å². The minimum atomic E-state index is -3.23. The Morgan fingerprint density at radius 2 is 2.07 bits per heavy atom.